The Hall–Kier alpha value is -1.97. The zero-order valence-electron chi connectivity index (χ0n) is 14.1. The van der Waals surface area contributed by atoms with Gasteiger partial charge in [0, 0.05) is 0 Å². The van der Waals surface area contributed by atoms with Crippen molar-refractivity contribution in [3.63, 3.8) is 0 Å². The van der Waals surface area contributed by atoms with Crippen molar-refractivity contribution < 1.29 is 4.79 Å². The Bertz CT molecular complexity index is 684. The van der Waals surface area contributed by atoms with Gasteiger partial charge in [-0.1, -0.05) is 43.4 Å². The zero-order chi connectivity index (χ0) is 16.2. The molecule has 1 heterocycles. The Kier molecular flexibility index (Phi) is 4.89. The van der Waals surface area contributed by atoms with Crippen LogP contribution in [0.5, 0.6) is 0 Å². The Morgan fingerprint density at radius 2 is 1.96 bits per heavy atom. The van der Waals surface area contributed by atoms with E-state index in [0.29, 0.717) is 5.69 Å². The Balaban J connectivity index is 1.84. The second-order valence-electron chi connectivity index (χ2n) is 6.76. The summed E-state index contributed by atoms with van der Waals surface area (Å²) in [6.07, 6.45) is 9.54. The molecule has 1 aromatic carbocycles. The third-order valence-electron chi connectivity index (χ3n) is 5.15. The quantitative estimate of drug-likeness (QED) is 0.777. The summed E-state index contributed by atoms with van der Waals surface area (Å²) in [5, 5.41) is 8.30. The third-order valence-corrected chi connectivity index (χ3v) is 5.15. The van der Waals surface area contributed by atoms with Gasteiger partial charge >= 0.3 is 0 Å². The van der Waals surface area contributed by atoms with Crippen molar-refractivity contribution in [2.75, 3.05) is 0 Å². The van der Waals surface area contributed by atoms with E-state index in [0.717, 1.165) is 36.4 Å². The highest BCUT2D eigenvalue weighted by Crippen LogP contribution is 2.28. The monoisotopic (exact) mass is 311 g/mol. The number of hydrogen-bond acceptors (Lipinski definition) is 3. The molecule has 4 heteroatoms. The minimum Gasteiger partial charge on any atom is -0.296 e. The first kappa shape index (κ1) is 15.9. The van der Waals surface area contributed by atoms with Crippen molar-refractivity contribution in [1.82, 2.24) is 15.0 Å². The maximum absolute atomic E-state index is 11.3. The molecule has 3 rings (SSSR count). The van der Waals surface area contributed by atoms with Gasteiger partial charge in [0.15, 0.2) is 6.29 Å². The van der Waals surface area contributed by atoms with Crippen molar-refractivity contribution in [2.24, 2.45) is 5.92 Å². The Morgan fingerprint density at radius 3 is 2.65 bits per heavy atom. The highest BCUT2D eigenvalue weighted by atomic mass is 16.1. The molecule has 122 valence electrons. The van der Waals surface area contributed by atoms with Gasteiger partial charge in [-0.05, 0) is 55.9 Å². The number of aryl methyl sites for hydroxylation is 2. The highest BCUT2D eigenvalue weighted by Gasteiger charge is 2.18. The topological polar surface area (TPSA) is 47.8 Å². The van der Waals surface area contributed by atoms with Gasteiger partial charge in [0.25, 0.3) is 0 Å². The molecule has 1 aliphatic carbocycles. The lowest BCUT2D eigenvalue weighted by Crippen LogP contribution is -2.10. The van der Waals surface area contributed by atoms with Crippen LogP contribution >= 0.6 is 0 Å². The number of carbonyl (C=O) groups is 1. The van der Waals surface area contributed by atoms with Gasteiger partial charge in [-0.2, -0.15) is 0 Å². The molecule has 0 unspecified atom stereocenters. The standard InChI is InChI=1S/C19H25N3O/c1-14-8-10-17(12-15(14)2)22-19(18(13-23)20-21-22)11-9-16-6-4-3-5-7-16/h8,10,12-13,16H,3-7,9,11H2,1-2H3. The maximum atomic E-state index is 11.3. The lowest BCUT2D eigenvalue weighted by Gasteiger charge is -2.21. The highest BCUT2D eigenvalue weighted by molar-refractivity contribution is 5.73. The normalized spacial score (nSPS) is 15.7. The van der Waals surface area contributed by atoms with E-state index >= 15 is 0 Å². The third kappa shape index (κ3) is 3.52. The van der Waals surface area contributed by atoms with Gasteiger partial charge in [-0.15, -0.1) is 5.10 Å². The molecule has 1 aliphatic rings. The summed E-state index contributed by atoms with van der Waals surface area (Å²) in [5.74, 6) is 0.784. The van der Waals surface area contributed by atoms with Crippen LogP contribution < -0.4 is 0 Å². The van der Waals surface area contributed by atoms with Gasteiger partial charge in [-0.25, -0.2) is 4.68 Å². The molecule has 4 nitrogen and oxygen atoms in total. The number of aldehydes is 1. The molecule has 1 aromatic heterocycles. The number of nitrogens with zero attached hydrogens (tertiary/aromatic N) is 3. The van der Waals surface area contributed by atoms with Gasteiger partial charge in [0.1, 0.15) is 5.69 Å². The first-order valence-corrected chi connectivity index (χ1v) is 8.66. The number of rotatable bonds is 5. The van der Waals surface area contributed by atoms with Crippen LogP contribution in [0.15, 0.2) is 18.2 Å². The molecule has 0 N–H and O–H groups in total. The van der Waals surface area contributed by atoms with Crippen LogP contribution in [0, 0.1) is 19.8 Å². The van der Waals surface area contributed by atoms with Gasteiger partial charge in [0.2, 0.25) is 0 Å². The minimum absolute atomic E-state index is 0.485. The van der Waals surface area contributed by atoms with E-state index in [4.69, 9.17) is 0 Å². The summed E-state index contributed by atoms with van der Waals surface area (Å²) in [6.45, 7) is 4.19. The predicted molar refractivity (Wildman–Crippen MR) is 91.1 cm³/mol. The summed E-state index contributed by atoms with van der Waals surface area (Å²) >= 11 is 0. The molecule has 1 saturated carbocycles. The second-order valence-corrected chi connectivity index (χ2v) is 6.76. The van der Waals surface area contributed by atoms with Crippen molar-refractivity contribution >= 4 is 6.29 Å². The summed E-state index contributed by atoms with van der Waals surface area (Å²) in [6, 6.07) is 6.26. The molecular weight excluding hydrogens is 286 g/mol. The fourth-order valence-corrected chi connectivity index (χ4v) is 3.52. The second kappa shape index (κ2) is 7.07. The molecule has 0 radical (unpaired) electrons. The van der Waals surface area contributed by atoms with Crippen LogP contribution in [0.25, 0.3) is 5.69 Å². The van der Waals surface area contributed by atoms with E-state index in [1.165, 1.54) is 43.2 Å². The summed E-state index contributed by atoms with van der Waals surface area (Å²) in [7, 11) is 0. The van der Waals surface area contributed by atoms with Crippen LogP contribution in [0.3, 0.4) is 0 Å². The SMILES string of the molecule is Cc1ccc(-n2nnc(C=O)c2CCC2CCCCC2)cc1C. The summed E-state index contributed by atoms with van der Waals surface area (Å²) in [5.41, 5.74) is 4.91. The fourth-order valence-electron chi connectivity index (χ4n) is 3.52. The van der Waals surface area contributed by atoms with Crippen molar-refractivity contribution in [3.05, 3.63) is 40.7 Å². The molecule has 2 aromatic rings. The van der Waals surface area contributed by atoms with Crippen LogP contribution in [0.2, 0.25) is 0 Å². The smallest absolute Gasteiger partial charge is 0.172 e. The first-order chi connectivity index (χ1) is 11.2. The molecule has 0 saturated heterocycles. The fraction of sp³-hybridized carbons (Fsp3) is 0.526. The van der Waals surface area contributed by atoms with Crippen LogP contribution in [-0.4, -0.2) is 21.3 Å². The number of hydrogen-bond donors (Lipinski definition) is 0. The average Bonchev–Trinajstić information content (AvgIpc) is 2.99. The largest absolute Gasteiger partial charge is 0.296 e. The van der Waals surface area contributed by atoms with E-state index in [-0.39, 0.29) is 0 Å². The molecule has 0 spiro atoms. The van der Waals surface area contributed by atoms with E-state index in [9.17, 15) is 4.79 Å². The summed E-state index contributed by atoms with van der Waals surface area (Å²) < 4.78 is 1.85. The van der Waals surface area contributed by atoms with Crippen LogP contribution in [0.4, 0.5) is 0 Å². The molecule has 0 amide bonds. The summed E-state index contributed by atoms with van der Waals surface area (Å²) in [4.78, 5) is 11.3. The van der Waals surface area contributed by atoms with Crippen LogP contribution in [0.1, 0.15) is 65.8 Å². The molecule has 0 atom stereocenters. The molecule has 0 bridgehead atoms. The van der Waals surface area contributed by atoms with Crippen molar-refractivity contribution in [3.8, 4) is 5.69 Å². The van der Waals surface area contributed by atoms with Gasteiger partial charge in [0.05, 0.1) is 11.4 Å². The Morgan fingerprint density at radius 1 is 1.17 bits per heavy atom. The minimum atomic E-state index is 0.485. The number of benzene rings is 1. The first-order valence-electron chi connectivity index (χ1n) is 8.66. The Labute approximate surface area is 137 Å². The van der Waals surface area contributed by atoms with Crippen molar-refractivity contribution in [2.45, 2.75) is 58.8 Å². The molecular formula is C19H25N3O. The molecule has 1 fully saturated rings. The van der Waals surface area contributed by atoms with Gasteiger partial charge < -0.3 is 0 Å². The van der Waals surface area contributed by atoms with E-state index in [1.807, 2.05) is 4.68 Å². The average molecular weight is 311 g/mol. The van der Waals surface area contributed by atoms with E-state index < -0.39 is 0 Å². The molecule has 0 aliphatic heterocycles. The number of carbonyl (C=O) groups excluding carboxylic acids is 1. The maximum Gasteiger partial charge on any atom is 0.172 e. The number of aromatic nitrogens is 3. The van der Waals surface area contributed by atoms with E-state index in [2.05, 4.69) is 42.4 Å². The van der Waals surface area contributed by atoms with Crippen LogP contribution in [-0.2, 0) is 6.42 Å². The lowest BCUT2D eigenvalue weighted by atomic mass is 9.85. The predicted octanol–water partition coefficient (Wildman–Crippen LogP) is 4.21. The lowest BCUT2D eigenvalue weighted by molar-refractivity contribution is 0.111. The zero-order valence-corrected chi connectivity index (χ0v) is 14.1. The van der Waals surface area contributed by atoms with E-state index in [1.54, 1.807) is 0 Å². The van der Waals surface area contributed by atoms with Gasteiger partial charge in [-0.3, -0.25) is 4.79 Å². The molecule has 23 heavy (non-hydrogen) atoms. The van der Waals surface area contributed by atoms with Crippen molar-refractivity contribution in [1.29, 1.82) is 0 Å².